The summed E-state index contributed by atoms with van der Waals surface area (Å²) in [4.78, 5) is 13.4. The molecule has 1 aromatic heterocycles. The van der Waals surface area contributed by atoms with Gasteiger partial charge in [-0.25, -0.2) is 0 Å². The largest absolute Gasteiger partial charge is 0.465 e. The highest BCUT2D eigenvalue weighted by molar-refractivity contribution is 5.77. The predicted molar refractivity (Wildman–Crippen MR) is 63.1 cm³/mol. The number of rotatable bonds is 6. The maximum absolute atomic E-state index is 11.4. The minimum Gasteiger partial charge on any atom is -0.465 e. The molecule has 0 aromatic carbocycles. The Morgan fingerprint density at radius 3 is 2.81 bits per heavy atom. The fraction of sp³-hybridized carbons (Fsp3) is 0.583. The minimum absolute atomic E-state index is 0.0626. The van der Waals surface area contributed by atoms with Gasteiger partial charge in [0.1, 0.15) is 11.5 Å². The van der Waals surface area contributed by atoms with Gasteiger partial charge in [0.25, 0.3) is 0 Å². The van der Waals surface area contributed by atoms with Crippen LogP contribution in [0.4, 0.5) is 0 Å². The second-order valence-corrected chi connectivity index (χ2v) is 4.03. The molecule has 0 saturated heterocycles. The van der Waals surface area contributed by atoms with E-state index < -0.39 is 0 Å². The Kier molecular flexibility index (Phi) is 5.05. The Hall–Kier alpha value is -1.29. The van der Waals surface area contributed by atoms with Gasteiger partial charge in [0.2, 0.25) is 5.91 Å². The van der Waals surface area contributed by atoms with Crippen molar-refractivity contribution in [3.8, 4) is 0 Å². The summed E-state index contributed by atoms with van der Waals surface area (Å²) in [6.07, 6.45) is 0.965. The molecule has 0 radical (unpaired) electrons. The summed E-state index contributed by atoms with van der Waals surface area (Å²) in [6.45, 7) is 5.76. The van der Waals surface area contributed by atoms with Crippen LogP contribution in [-0.2, 0) is 11.3 Å². The fourth-order valence-electron chi connectivity index (χ4n) is 1.46. The summed E-state index contributed by atoms with van der Waals surface area (Å²) in [5.74, 6) is 1.86. The van der Waals surface area contributed by atoms with Crippen molar-refractivity contribution in [1.82, 2.24) is 10.2 Å². The van der Waals surface area contributed by atoms with Crippen molar-refractivity contribution in [2.75, 3.05) is 20.1 Å². The predicted octanol–water partition coefficient (Wildman–Crippen LogP) is 1.55. The molecular formula is C12H20N2O2. The summed E-state index contributed by atoms with van der Waals surface area (Å²) in [5, 5.41) is 2.84. The number of aryl methyl sites for hydroxylation is 1. The first-order valence-corrected chi connectivity index (χ1v) is 5.62. The molecule has 0 atom stereocenters. The molecule has 0 aliphatic heterocycles. The molecule has 0 aliphatic rings. The molecule has 4 heteroatoms. The number of carbonyl (C=O) groups excluding carboxylic acids is 1. The lowest BCUT2D eigenvalue weighted by Crippen LogP contribution is -2.35. The molecule has 0 unspecified atom stereocenters. The van der Waals surface area contributed by atoms with Gasteiger partial charge < -0.3 is 9.73 Å². The van der Waals surface area contributed by atoms with Gasteiger partial charge in [0.15, 0.2) is 0 Å². The first kappa shape index (κ1) is 12.8. The van der Waals surface area contributed by atoms with Crippen molar-refractivity contribution >= 4 is 5.91 Å². The Balaban J connectivity index is 2.30. The van der Waals surface area contributed by atoms with Gasteiger partial charge in [-0.2, -0.15) is 0 Å². The Labute approximate surface area is 96.6 Å². The van der Waals surface area contributed by atoms with Crippen molar-refractivity contribution in [2.45, 2.75) is 26.8 Å². The van der Waals surface area contributed by atoms with Crippen molar-refractivity contribution in [1.29, 1.82) is 0 Å². The topological polar surface area (TPSA) is 45.5 Å². The van der Waals surface area contributed by atoms with Gasteiger partial charge in [-0.3, -0.25) is 9.69 Å². The third kappa shape index (κ3) is 4.49. The van der Waals surface area contributed by atoms with Crippen LogP contribution >= 0.6 is 0 Å². The third-order valence-electron chi connectivity index (χ3n) is 2.21. The van der Waals surface area contributed by atoms with Gasteiger partial charge in [-0.1, -0.05) is 6.92 Å². The molecule has 1 heterocycles. The van der Waals surface area contributed by atoms with E-state index in [1.807, 2.05) is 37.9 Å². The quantitative estimate of drug-likeness (QED) is 0.797. The van der Waals surface area contributed by atoms with Gasteiger partial charge in [0, 0.05) is 6.54 Å². The molecule has 1 amide bonds. The van der Waals surface area contributed by atoms with Crippen LogP contribution in [0.1, 0.15) is 24.9 Å². The molecule has 0 fully saturated rings. The molecule has 90 valence electrons. The first-order chi connectivity index (χ1) is 7.61. The van der Waals surface area contributed by atoms with Crippen LogP contribution in [-0.4, -0.2) is 30.9 Å². The van der Waals surface area contributed by atoms with E-state index in [0.29, 0.717) is 13.1 Å². The van der Waals surface area contributed by atoms with Gasteiger partial charge in [-0.05, 0) is 32.5 Å². The highest BCUT2D eigenvalue weighted by Gasteiger charge is 2.08. The zero-order valence-corrected chi connectivity index (χ0v) is 10.2. The monoisotopic (exact) mass is 224 g/mol. The Morgan fingerprint density at radius 2 is 2.25 bits per heavy atom. The highest BCUT2D eigenvalue weighted by atomic mass is 16.3. The zero-order valence-electron chi connectivity index (χ0n) is 10.2. The maximum atomic E-state index is 11.4. The first-order valence-electron chi connectivity index (χ1n) is 5.62. The Bertz CT molecular complexity index is 334. The van der Waals surface area contributed by atoms with Crippen molar-refractivity contribution in [3.05, 3.63) is 23.7 Å². The lowest BCUT2D eigenvalue weighted by Gasteiger charge is -2.14. The Morgan fingerprint density at radius 1 is 1.50 bits per heavy atom. The average molecular weight is 224 g/mol. The van der Waals surface area contributed by atoms with Crippen LogP contribution < -0.4 is 5.32 Å². The van der Waals surface area contributed by atoms with E-state index in [-0.39, 0.29) is 5.91 Å². The summed E-state index contributed by atoms with van der Waals surface area (Å²) in [5.41, 5.74) is 0. The van der Waals surface area contributed by atoms with Crippen LogP contribution in [0.5, 0.6) is 0 Å². The normalized spacial score (nSPS) is 10.8. The molecule has 16 heavy (non-hydrogen) atoms. The molecular weight excluding hydrogens is 204 g/mol. The van der Waals surface area contributed by atoms with E-state index >= 15 is 0 Å². The zero-order chi connectivity index (χ0) is 12.0. The van der Waals surface area contributed by atoms with E-state index in [2.05, 4.69) is 5.32 Å². The van der Waals surface area contributed by atoms with E-state index in [4.69, 9.17) is 4.42 Å². The summed E-state index contributed by atoms with van der Waals surface area (Å²) in [7, 11) is 1.91. The number of hydrogen-bond acceptors (Lipinski definition) is 3. The smallest absolute Gasteiger partial charge is 0.234 e. The number of carbonyl (C=O) groups is 1. The van der Waals surface area contributed by atoms with Crippen LogP contribution in [0.15, 0.2) is 16.5 Å². The number of likely N-dealkylation sites (N-methyl/N-ethyl adjacent to an activating group) is 1. The molecule has 1 N–H and O–H groups in total. The van der Waals surface area contributed by atoms with Gasteiger partial charge in [-0.15, -0.1) is 0 Å². The lowest BCUT2D eigenvalue weighted by atomic mass is 10.4. The average Bonchev–Trinajstić information content (AvgIpc) is 2.60. The second-order valence-electron chi connectivity index (χ2n) is 4.03. The molecule has 0 aliphatic carbocycles. The van der Waals surface area contributed by atoms with Crippen molar-refractivity contribution in [2.24, 2.45) is 0 Å². The highest BCUT2D eigenvalue weighted by Crippen LogP contribution is 2.08. The van der Waals surface area contributed by atoms with E-state index in [9.17, 15) is 4.79 Å². The lowest BCUT2D eigenvalue weighted by molar-refractivity contribution is -0.122. The van der Waals surface area contributed by atoms with Crippen LogP contribution in [0.2, 0.25) is 0 Å². The SMILES string of the molecule is CCCNC(=O)CN(C)Cc1ccc(C)o1. The second kappa shape index (κ2) is 6.33. The molecule has 0 bridgehead atoms. The van der Waals surface area contributed by atoms with Gasteiger partial charge in [0.05, 0.1) is 13.1 Å². The maximum Gasteiger partial charge on any atom is 0.234 e. The summed E-state index contributed by atoms with van der Waals surface area (Å²) < 4.78 is 5.44. The number of nitrogens with one attached hydrogen (secondary N) is 1. The van der Waals surface area contributed by atoms with Crippen LogP contribution in [0, 0.1) is 6.92 Å². The molecule has 0 saturated carbocycles. The summed E-state index contributed by atoms with van der Waals surface area (Å²) >= 11 is 0. The van der Waals surface area contributed by atoms with Crippen LogP contribution in [0.25, 0.3) is 0 Å². The number of furan rings is 1. The number of amides is 1. The molecule has 1 rings (SSSR count). The van der Waals surface area contributed by atoms with E-state index in [0.717, 1.165) is 24.5 Å². The fourth-order valence-corrected chi connectivity index (χ4v) is 1.46. The van der Waals surface area contributed by atoms with Crippen molar-refractivity contribution in [3.63, 3.8) is 0 Å². The van der Waals surface area contributed by atoms with Crippen molar-refractivity contribution < 1.29 is 9.21 Å². The van der Waals surface area contributed by atoms with Crippen LogP contribution in [0.3, 0.4) is 0 Å². The number of nitrogens with zero attached hydrogens (tertiary/aromatic N) is 1. The molecule has 4 nitrogen and oxygen atoms in total. The third-order valence-corrected chi connectivity index (χ3v) is 2.21. The van der Waals surface area contributed by atoms with Gasteiger partial charge >= 0.3 is 0 Å². The minimum atomic E-state index is 0.0626. The molecule has 0 spiro atoms. The van der Waals surface area contributed by atoms with E-state index in [1.54, 1.807) is 0 Å². The van der Waals surface area contributed by atoms with E-state index in [1.165, 1.54) is 0 Å². The number of hydrogen-bond donors (Lipinski definition) is 1. The standard InChI is InChI=1S/C12H20N2O2/c1-4-7-13-12(15)9-14(3)8-11-6-5-10(2)16-11/h5-6H,4,7-9H2,1-3H3,(H,13,15). The molecule has 1 aromatic rings. The summed E-state index contributed by atoms with van der Waals surface area (Å²) in [6, 6.07) is 3.87.